The highest BCUT2D eigenvalue weighted by Gasteiger charge is 2.75. The van der Waals surface area contributed by atoms with Gasteiger partial charge < -0.3 is 30.2 Å². The van der Waals surface area contributed by atoms with Crippen molar-refractivity contribution in [1.82, 2.24) is 4.57 Å². The lowest BCUT2D eigenvalue weighted by atomic mass is 9.44. The van der Waals surface area contributed by atoms with Crippen LogP contribution < -0.4 is 16.1 Å². The molecular weight excluding hydrogens is 720 g/mol. The number of aliphatic hydroxyl groups is 2. The summed E-state index contributed by atoms with van der Waals surface area (Å²) in [5, 5.41) is 24.0. The Balaban J connectivity index is 1.07. The van der Waals surface area contributed by atoms with Gasteiger partial charge in [-0.1, -0.05) is 43.5 Å². The lowest BCUT2D eigenvalue weighted by molar-refractivity contribution is -0.219. The van der Waals surface area contributed by atoms with E-state index in [9.17, 15) is 29.4 Å². The third-order valence-electron chi connectivity index (χ3n) is 14.4. The second-order valence-electron chi connectivity index (χ2n) is 17.3. The van der Waals surface area contributed by atoms with Gasteiger partial charge in [0.15, 0.2) is 18.1 Å². The minimum atomic E-state index is -2.14. The number of Topliss-reactive ketones (excluding diaryl/α,β-unsaturated/α-hetero) is 1. The second kappa shape index (κ2) is 12.8. The number of alkyl halides is 1. The molecule has 4 saturated carbocycles. The molecule has 1 saturated heterocycles. The van der Waals surface area contributed by atoms with Crippen LogP contribution in [0.2, 0.25) is 5.02 Å². The number of pyridine rings is 1. The summed E-state index contributed by atoms with van der Waals surface area (Å²) in [6.07, 6.45) is 9.00. The lowest BCUT2D eigenvalue weighted by Crippen LogP contribution is -2.69. The van der Waals surface area contributed by atoms with Gasteiger partial charge in [-0.3, -0.25) is 14.4 Å². The Morgan fingerprint density at radius 2 is 1.87 bits per heavy atom. The van der Waals surface area contributed by atoms with Crippen LogP contribution in [-0.2, 0) is 14.3 Å². The average Bonchev–Trinajstić information content (AvgIpc) is 3.96. The quantitative estimate of drug-likeness (QED) is 0.323. The largest absolute Gasteiger partial charge is 0.454 e. The molecule has 0 bridgehead atoms. The molecule has 5 fully saturated rings. The van der Waals surface area contributed by atoms with E-state index in [1.54, 1.807) is 31.4 Å². The van der Waals surface area contributed by atoms with Gasteiger partial charge in [0.1, 0.15) is 17.0 Å². The summed E-state index contributed by atoms with van der Waals surface area (Å²) in [4.78, 5) is 55.7. The van der Waals surface area contributed by atoms with E-state index in [1.165, 1.54) is 18.3 Å². The summed E-state index contributed by atoms with van der Waals surface area (Å²) in [6, 6.07) is 0.857. The Labute approximate surface area is 317 Å². The van der Waals surface area contributed by atoms with Gasteiger partial charge in [-0.2, -0.15) is 0 Å². The predicted molar refractivity (Wildman–Crippen MR) is 199 cm³/mol. The van der Waals surface area contributed by atoms with Crippen molar-refractivity contribution in [3.05, 3.63) is 62.7 Å². The molecule has 4 N–H and O–H groups in total. The number of aromatic nitrogens is 1. The van der Waals surface area contributed by atoms with Gasteiger partial charge in [-0.25, -0.2) is 13.6 Å². The molecule has 2 heterocycles. The van der Waals surface area contributed by atoms with Crippen molar-refractivity contribution in [3.8, 4) is 0 Å². The molecule has 0 spiro atoms. The van der Waals surface area contributed by atoms with Crippen molar-refractivity contribution in [2.75, 3.05) is 24.6 Å². The Morgan fingerprint density at radius 1 is 1.13 bits per heavy atom. The fraction of sp³-hybridized carbons (Fsp3) is 0.610. The number of allylic oxidation sites excluding steroid dienone is 4. The number of nitrogens with two attached hydrogens (primary N) is 1. The highest BCUT2D eigenvalue weighted by atomic mass is 35.5. The van der Waals surface area contributed by atoms with Crippen LogP contribution >= 0.6 is 11.6 Å². The fourth-order valence-electron chi connectivity index (χ4n) is 11.3. The molecule has 290 valence electrons. The van der Waals surface area contributed by atoms with Crippen molar-refractivity contribution in [2.45, 2.75) is 108 Å². The van der Waals surface area contributed by atoms with Crippen molar-refractivity contribution in [3.63, 3.8) is 0 Å². The molecule has 9 atom stereocenters. The van der Waals surface area contributed by atoms with Crippen LogP contribution in [0, 0.1) is 34.4 Å². The van der Waals surface area contributed by atoms with Gasteiger partial charge in [-0.05, 0) is 88.3 Å². The van der Waals surface area contributed by atoms with Crippen LogP contribution in [0.4, 0.5) is 14.5 Å². The number of hydrogen-bond donors (Lipinski definition) is 3. The van der Waals surface area contributed by atoms with Gasteiger partial charge in [0.2, 0.25) is 11.2 Å². The third kappa shape index (κ3) is 5.18. The maximum absolute atomic E-state index is 17.6. The number of carbonyl (C=O) groups excluding carboxylic acids is 3. The zero-order valence-corrected chi connectivity index (χ0v) is 31.6. The van der Waals surface area contributed by atoms with E-state index in [0.717, 1.165) is 38.2 Å². The monoisotopic (exact) mass is 767 g/mol. The third-order valence-corrected chi connectivity index (χ3v) is 14.7. The summed E-state index contributed by atoms with van der Waals surface area (Å²) in [6.45, 7) is 5.19. The molecule has 1 aromatic heterocycles. The smallest absolute Gasteiger partial charge is 0.344 e. The number of rotatable bonds is 6. The Morgan fingerprint density at radius 3 is 2.59 bits per heavy atom. The number of benzene rings is 1. The van der Waals surface area contributed by atoms with Crippen LogP contribution in [0.15, 0.2) is 40.9 Å². The van der Waals surface area contributed by atoms with E-state index in [4.69, 9.17) is 22.1 Å². The summed E-state index contributed by atoms with van der Waals surface area (Å²) in [5.74, 6) is -4.75. The molecule has 5 aliphatic carbocycles. The number of halogens is 3. The van der Waals surface area contributed by atoms with Crippen molar-refractivity contribution in [2.24, 2.45) is 34.3 Å². The summed E-state index contributed by atoms with van der Waals surface area (Å²) < 4.78 is 40.6. The van der Waals surface area contributed by atoms with Crippen molar-refractivity contribution >= 4 is 45.7 Å². The predicted octanol–water partition coefficient (Wildman–Crippen LogP) is 5.52. The number of fused-ring (bicyclic) bond motifs is 6. The van der Waals surface area contributed by atoms with Gasteiger partial charge in [0, 0.05) is 48.1 Å². The number of ether oxygens (including phenoxy) is 1. The van der Waals surface area contributed by atoms with E-state index in [-0.39, 0.29) is 40.4 Å². The first-order valence-electron chi connectivity index (χ1n) is 19.3. The summed E-state index contributed by atoms with van der Waals surface area (Å²) >= 11 is 6.91. The molecule has 13 heteroatoms. The number of anilines is 1. The number of aliphatic hydroxyl groups excluding tert-OH is 1. The van der Waals surface area contributed by atoms with Crippen LogP contribution in [0.3, 0.4) is 0 Å². The molecule has 10 nitrogen and oxygen atoms in total. The van der Waals surface area contributed by atoms with Crippen LogP contribution in [0.1, 0.15) is 95.0 Å². The van der Waals surface area contributed by atoms with E-state index in [1.807, 2.05) is 4.90 Å². The minimum absolute atomic E-state index is 0.0672. The first kappa shape index (κ1) is 37.5. The number of esters is 1. The lowest BCUT2D eigenvalue weighted by Gasteiger charge is -2.62. The normalized spacial score (nSPS) is 37.6. The van der Waals surface area contributed by atoms with E-state index in [2.05, 4.69) is 0 Å². The zero-order chi connectivity index (χ0) is 38.7. The number of nitrogens with zero attached hydrogens (tertiary/aromatic N) is 2. The van der Waals surface area contributed by atoms with Gasteiger partial charge >= 0.3 is 5.97 Å². The van der Waals surface area contributed by atoms with Crippen LogP contribution in [-0.4, -0.2) is 75.4 Å². The second-order valence-corrected chi connectivity index (χ2v) is 17.7. The van der Waals surface area contributed by atoms with Gasteiger partial charge in [0.25, 0.3) is 0 Å². The minimum Gasteiger partial charge on any atom is -0.454 e. The number of carbonyl (C=O) groups is 3. The van der Waals surface area contributed by atoms with Crippen LogP contribution in [0.5, 0.6) is 0 Å². The molecule has 2 aromatic rings. The topological polar surface area (TPSA) is 152 Å². The number of ketones is 2. The van der Waals surface area contributed by atoms with E-state index in [0.29, 0.717) is 43.4 Å². The van der Waals surface area contributed by atoms with Gasteiger partial charge in [0.05, 0.1) is 27.7 Å². The summed E-state index contributed by atoms with van der Waals surface area (Å²) in [7, 11) is 0. The van der Waals surface area contributed by atoms with Crippen molar-refractivity contribution < 1.29 is 38.1 Å². The Kier molecular flexibility index (Phi) is 8.88. The van der Waals surface area contributed by atoms with E-state index < -0.39 is 81.1 Å². The highest BCUT2D eigenvalue weighted by Crippen LogP contribution is 2.70. The van der Waals surface area contributed by atoms with Gasteiger partial charge in [-0.15, -0.1) is 0 Å². The molecule has 0 unspecified atom stereocenters. The maximum Gasteiger partial charge on any atom is 0.344 e. The number of hydrogen-bond acceptors (Lipinski definition) is 9. The van der Waals surface area contributed by atoms with Crippen LogP contribution in [0.25, 0.3) is 10.9 Å². The molecule has 6 aliphatic rings. The maximum atomic E-state index is 17.6. The molecule has 1 aliphatic heterocycles. The SMILES string of the molecule is C[C@H]1C[C@@H]2[C@H]3CCC4=CC(=O)C=C[C@@]4(C)[C@]3(F)[C@H](O)C[C@@]2(C)[C@]1(O)C(=O)COC(=O)c1cn(C2CC2)c2c(Cl)c(N3CCCC[C@H](N)C3)c(F)cc2c1=O. The highest BCUT2D eigenvalue weighted by molar-refractivity contribution is 6.38. The standard InChI is InChI=1S/C41H48ClF2N3O7/c1-21-14-29-28-10-7-22-15-25(48)11-12-38(22,2)40(28,44)31(49)17-39(29,3)41(21,53)32(50)20-54-37(52)27-19-47(24-8-9-24)34-26(36(27)51)16-30(43)35(33(34)42)46-13-5-4-6-23(45)18-46/h11-12,15-16,19,21,23-24,28-29,31,49,53H,4-10,13-14,17-18,20,45H2,1-3H3/t21-,23-,28+,29+,31+,38+,39+,40+,41+/m0/s1. The average molecular weight is 768 g/mol. The molecular formula is C41H48ClF2N3O7. The molecule has 54 heavy (non-hydrogen) atoms. The first-order chi connectivity index (χ1) is 25.5. The summed E-state index contributed by atoms with van der Waals surface area (Å²) in [5.41, 5.74) is -0.548. The van der Waals surface area contributed by atoms with E-state index >= 15 is 8.78 Å². The molecule has 1 aromatic carbocycles. The molecule has 0 amide bonds. The Hall–Kier alpha value is -3.45. The molecule has 0 radical (unpaired) electrons. The fourth-order valence-corrected chi connectivity index (χ4v) is 11.8. The molecule has 8 rings (SSSR count). The first-order valence-corrected chi connectivity index (χ1v) is 19.7. The van der Waals surface area contributed by atoms with Crippen molar-refractivity contribution in [1.29, 1.82) is 0 Å². The zero-order valence-electron chi connectivity index (χ0n) is 30.9. The Bertz CT molecular complexity index is 2100.